The highest BCUT2D eigenvalue weighted by molar-refractivity contribution is 14.0. The third-order valence-corrected chi connectivity index (χ3v) is 4.53. The Morgan fingerprint density at radius 1 is 1.04 bits per heavy atom. The minimum atomic E-state index is 0. The van der Waals surface area contributed by atoms with Crippen LogP contribution in [-0.2, 0) is 6.54 Å². The monoisotopic (exact) mass is 496 g/mol. The summed E-state index contributed by atoms with van der Waals surface area (Å²) in [4.78, 5) is 6.57. The highest BCUT2D eigenvalue weighted by Gasteiger charge is 2.13. The highest BCUT2D eigenvalue weighted by atomic mass is 127. The van der Waals surface area contributed by atoms with Gasteiger partial charge >= 0.3 is 0 Å². The molecule has 1 aliphatic heterocycles. The first-order valence-electron chi connectivity index (χ1n) is 9.35. The van der Waals surface area contributed by atoms with E-state index in [0.717, 1.165) is 49.0 Å². The Morgan fingerprint density at radius 3 is 2.61 bits per heavy atom. The fraction of sp³-hybridized carbons (Fsp3) is 0.381. The quantitative estimate of drug-likeness (QED) is 0.253. The number of para-hydroxylation sites is 1. The van der Waals surface area contributed by atoms with Gasteiger partial charge in [0, 0.05) is 39.4 Å². The molecule has 0 amide bonds. The smallest absolute Gasteiger partial charge is 0.231 e. The van der Waals surface area contributed by atoms with E-state index < -0.39 is 0 Å². The highest BCUT2D eigenvalue weighted by Crippen LogP contribution is 2.32. The summed E-state index contributed by atoms with van der Waals surface area (Å²) in [7, 11) is 3.92. The molecule has 2 N–H and O–H groups in total. The summed E-state index contributed by atoms with van der Waals surface area (Å²) in [5.74, 6) is 2.42. The lowest BCUT2D eigenvalue weighted by Crippen LogP contribution is -2.37. The van der Waals surface area contributed by atoms with Gasteiger partial charge in [-0.2, -0.15) is 0 Å². The van der Waals surface area contributed by atoms with Gasteiger partial charge in [-0.25, -0.2) is 0 Å². The molecule has 3 rings (SSSR count). The Hall–Kier alpha value is -2.16. The molecule has 7 heteroatoms. The average molecular weight is 496 g/mol. The average Bonchev–Trinajstić information content (AvgIpc) is 3.18. The number of benzene rings is 2. The van der Waals surface area contributed by atoms with E-state index in [1.165, 1.54) is 5.69 Å². The maximum absolute atomic E-state index is 5.42. The van der Waals surface area contributed by atoms with E-state index in [1.807, 2.05) is 24.3 Å². The minimum absolute atomic E-state index is 0. The van der Waals surface area contributed by atoms with Gasteiger partial charge in [0.05, 0.1) is 0 Å². The molecule has 0 spiro atoms. The van der Waals surface area contributed by atoms with Crippen molar-refractivity contribution < 1.29 is 9.47 Å². The van der Waals surface area contributed by atoms with Gasteiger partial charge in [0.25, 0.3) is 0 Å². The summed E-state index contributed by atoms with van der Waals surface area (Å²) in [6.07, 6.45) is 2.21. The summed E-state index contributed by atoms with van der Waals surface area (Å²) in [6.45, 7) is 2.92. The third kappa shape index (κ3) is 6.47. The number of nitrogens with one attached hydrogen (secondary N) is 2. The number of unbranched alkanes of at least 4 members (excludes halogenated alkanes) is 1. The zero-order chi connectivity index (χ0) is 18.9. The summed E-state index contributed by atoms with van der Waals surface area (Å²) in [6, 6.07) is 16.4. The molecule has 0 radical (unpaired) electrons. The van der Waals surface area contributed by atoms with Crippen LogP contribution in [0, 0.1) is 0 Å². The Bertz CT molecular complexity index is 755. The first-order valence-corrected chi connectivity index (χ1v) is 9.35. The van der Waals surface area contributed by atoms with Crippen molar-refractivity contribution >= 4 is 35.6 Å². The third-order valence-electron chi connectivity index (χ3n) is 4.53. The molecule has 1 aliphatic rings. The molecular formula is C21H29IN4O2. The van der Waals surface area contributed by atoms with Gasteiger partial charge in [-0.05, 0) is 42.7 Å². The van der Waals surface area contributed by atoms with E-state index in [4.69, 9.17) is 9.47 Å². The van der Waals surface area contributed by atoms with Crippen molar-refractivity contribution in [2.75, 3.05) is 38.9 Å². The number of halogens is 1. The normalized spacial score (nSPS) is 12.3. The summed E-state index contributed by atoms with van der Waals surface area (Å²) in [5.41, 5.74) is 2.39. The van der Waals surface area contributed by atoms with Gasteiger partial charge < -0.3 is 25.0 Å². The molecule has 0 bridgehead atoms. The number of nitrogens with zero attached hydrogens (tertiary/aromatic N) is 2. The fourth-order valence-electron chi connectivity index (χ4n) is 2.95. The van der Waals surface area contributed by atoms with Gasteiger partial charge in [0.1, 0.15) is 0 Å². The fourth-order valence-corrected chi connectivity index (χ4v) is 2.95. The molecule has 1 heterocycles. The molecule has 28 heavy (non-hydrogen) atoms. The Morgan fingerprint density at radius 2 is 1.82 bits per heavy atom. The first kappa shape index (κ1) is 22.1. The zero-order valence-corrected chi connectivity index (χ0v) is 18.8. The number of anilines is 1. The molecular weight excluding hydrogens is 467 g/mol. The summed E-state index contributed by atoms with van der Waals surface area (Å²) < 4.78 is 10.8. The molecule has 2 aromatic carbocycles. The van der Waals surface area contributed by atoms with E-state index in [2.05, 4.69) is 51.8 Å². The van der Waals surface area contributed by atoms with Crippen molar-refractivity contribution in [2.24, 2.45) is 4.99 Å². The molecule has 6 nitrogen and oxygen atoms in total. The van der Waals surface area contributed by atoms with Crippen molar-refractivity contribution in [3.8, 4) is 11.5 Å². The van der Waals surface area contributed by atoms with Gasteiger partial charge in [-0.15, -0.1) is 24.0 Å². The molecule has 0 fully saturated rings. The van der Waals surface area contributed by atoms with Crippen molar-refractivity contribution in [3.63, 3.8) is 0 Å². The molecule has 0 saturated carbocycles. The molecule has 0 unspecified atom stereocenters. The van der Waals surface area contributed by atoms with Crippen molar-refractivity contribution in [3.05, 3.63) is 54.1 Å². The van der Waals surface area contributed by atoms with Crippen molar-refractivity contribution in [1.82, 2.24) is 10.6 Å². The molecule has 0 aromatic heterocycles. The van der Waals surface area contributed by atoms with Crippen LogP contribution in [0.3, 0.4) is 0 Å². The van der Waals surface area contributed by atoms with Crippen LogP contribution in [0.15, 0.2) is 53.5 Å². The first-order chi connectivity index (χ1) is 13.3. The van der Waals surface area contributed by atoms with Gasteiger partial charge in [-0.3, -0.25) is 4.99 Å². The van der Waals surface area contributed by atoms with Crippen LogP contribution in [-0.4, -0.2) is 39.9 Å². The van der Waals surface area contributed by atoms with E-state index in [0.29, 0.717) is 13.3 Å². The van der Waals surface area contributed by atoms with Crippen LogP contribution in [0.5, 0.6) is 11.5 Å². The van der Waals surface area contributed by atoms with Crippen LogP contribution in [0.25, 0.3) is 0 Å². The topological polar surface area (TPSA) is 58.1 Å². The van der Waals surface area contributed by atoms with Crippen LogP contribution in [0.4, 0.5) is 5.69 Å². The molecule has 152 valence electrons. The van der Waals surface area contributed by atoms with Crippen LogP contribution >= 0.6 is 24.0 Å². The van der Waals surface area contributed by atoms with E-state index in [9.17, 15) is 0 Å². The number of hydrogen-bond acceptors (Lipinski definition) is 4. The predicted molar refractivity (Wildman–Crippen MR) is 125 cm³/mol. The number of aliphatic imine (C=N–C) groups is 1. The van der Waals surface area contributed by atoms with Crippen LogP contribution in [0.2, 0.25) is 0 Å². The Balaban J connectivity index is 0.00000280. The number of rotatable bonds is 8. The molecule has 0 aliphatic carbocycles. The van der Waals surface area contributed by atoms with Crippen LogP contribution in [0.1, 0.15) is 18.4 Å². The maximum atomic E-state index is 5.42. The number of fused-ring (bicyclic) bond motifs is 1. The van der Waals surface area contributed by atoms with Crippen LogP contribution < -0.4 is 25.0 Å². The molecule has 0 atom stereocenters. The zero-order valence-electron chi connectivity index (χ0n) is 16.5. The van der Waals surface area contributed by atoms with Gasteiger partial charge in [0.2, 0.25) is 6.79 Å². The van der Waals surface area contributed by atoms with E-state index in [1.54, 1.807) is 7.05 Å². The Kier molecular flexibility index (Phi) is 9.19. The van der Waals surface area contributed by atoms with E-state index >= 15 is 0 Å². The second kappa shape index (κ2) is 11.6. The largest absolute Gasteiger partial charge is 0.454 e. The number of guanidine groups is 1. The SMILES string of the molecule is CN=C(NCCCCN(C)c1ccccc1)NCc1ccc2c(c1)OCO2.I. The number of hydrogen-bond donors (Lipinski definition) is 2. The van der Waals surface area contributed by atoms with Gasteiger partial charge in [-0.1, -0.05) is 24.3 Å². The second-order valence-electron chi connectivity index (χ2n) is 6.50. The van der Waals surface area contributed by atoms with Crippen molar-refractivity contribution in [2.45, 2.75) is 19.4 Å². The minimum Gasteiger partial charge on any atom is -0.454 e. The van der Waals surface area contributed by atoms with Gasteiger partial charge in [0.15, 0.2) is 17.5 Å². The lowest BCUT2D eigenvalue weighted by molar-refractivity contribution is 0.174. The summed E-state index contributed by atoms with van der Waals surface area (Å²) >= 11 is 0. The maximum Gasteiger partial charge on any atom is 0.231 e. The van der Waals surface area contributed by atoms with E-state index in [-0.39, 0.29) is 24.0 Å². The van der Waals surface area contributed by atoms with Crippen molar-refractivity contribution in [1.29, 1.82) is 0 Å². The lowest BCUT2D eigenvalue weighted by Gasteiger charge is -2.19. The number of ether oxygens (including phenoxy) is 2. The molecule has 2 aromatic rings. The lowest BCUT2D eigenvalue weighted by atomic mass is 10.2. The summed E-state index contributed by atoms with van der Waals surface area (Å²) in [5, 5.41) is 6.70. The Labute approximate surface area is 184 Å². The predicted octanol–water partition coefficient (Wildman–Crippen LogP) is 3.61. The standard InChI is InChI=1S/C21H28N4O2.HI/c1-22-21(24-15-17-10-11-19-20(14-17)27-16-26-19)23-12-6-7-13-25(2)18-8-4-3-5-9-18;/h3-5,8-11,14H,6-7,12-13,15-16H2,1-2H3,(H2,22,23,24);1H. The second-order valence-corrected chi connectivity index (χ2v) is 6.50. The molecule has 0 saturated heterocycles.